The van der Waals surface area contributed by atoms with E-state index >= 15 is 0 Å². The molecule has 2 aromatic rings. The van der Waals surface area contributed by atoms with E-state index in [0.717, 1.165) is 37.6 Å². The summed E-state index contributed by atoms with van der Waals surface area (Å²) in [7, 11) is 1.71. The van der Waals surface area contributed by atoms with Gasteiger partial charge in [-0.05, 0) is 35.9 Å². The van der Waals surface area contributed by atoms with Crippen LogP contribution < -0.4 is 9.64 Å². The van der Waals surface area contributed by atoms with Crippen molar-refractivity contribution in [1.29, 1.82) is 0 Å². The molecule has 1 amide bonds. The van der Waals surface area contributed by atoms with Gasteiger partial charge in [0, 0.05) is 36.8 Å². The molecule has 144 valence electrons. The maximum atomic E-state index is 13.7. The lowest BCUT2D eigenvalue weighted by atomic mass is 10.1. The first-order valence-electron chi connectivity index (χ1n) is 8.76. The number of rotatable bonds is 6. The van der Waals surface area contributed by atoms with Crippen molar-refractivity contribution in [1.82, 2.24) is 4.90 Å². The third kappa shape index (κ3) is 5.43. The number of halogens is 2. The van der Waals surface area contributed by atoms with Gasteiger partial charge in [0.05, 0.1) is 13.2 Å². The Morgan fingerprint density at radius 1 is 1.22 bits per heavy atom. The number of carbonyl (C=O) groups excluding carboxylic acids is 1. The van der Waals surface area contributed by atoms with E-state index in [1.807, 2.05) is 12.1 Å². The number of hydrogen-bond donors (Lipinski definition) is 0. The van der Waals surface area contributed by atoms with Gasteiger partial charge in [-0.1, -0.05) is 28.1 Å². The minimum Gasteiger partial charge on any atom is -0.481 e. The van der Waals surface area contributed by atoms with Gasteiger partial charge in [-0.15, -0.1) is 0 Å². The van der Waals surface area contributed by atoms with Gasteiger partial charge in [0.15, 0.2) is 18.2 Å². The van der Waals surface area contributed by atoms with Gasteiger partial charge in [0.25, 0.3) is 5.91 Å². The summed E-state index contributed by atoms with van der Waals surface area (Å²) in [6.07, 6.45) is 0. The molecular weight excluding hydrogens is 415 g/mol. The molecule has 1 aliphatic heterocycles. The number of amides is 1. The number of carbonyl (C=O) groups is 1. The van der Waals surface area contributed by atoms with Crippen molar-refractivity contribution in [2.24, 2.45) is 0 Å². The molecule has 0 saturated carbocycles. The summed E-state index contributed by atoms with van der Waals surface area (Å²) in [5.74, 6) is -0.650. The van der Waals surface area contributed by atoms with Crippen LogP contribution in [0.4, 0.5) is 10.1 Å². The van der Waals surface area contributed by atoms with E-state index in [1.165, 1.54) is 12.1 Å². The Kier molecular flexibility index (Phi) is 6.68. The van der Waals surface area contributed by atoms with E-state index in [0.29, 0.717) is 11.0 Å². The summed E-state index contributed by atoms with van der Waals surface area (Å²) >= 11 is 3.19. The van der Waals surface area contributed by atoms with Gasteiger partial charge >= 0.3 is 0 Å². The van der Waals surface area contributed by atoms with E-state index in [2.05, 4.69) is 33.0 Å². The average molecular weight is 437 g/mol. The Balaban J connectivity index is 1.51. The van der Waals surface area contributed by atoms with E-state index in [4.69, 9.17) is 9.47 Å². The molecule has 0 spiro atoms. The van der Waals surface area contributed by atoms with E-state index in [1.54, 1.807) is 18.0 Å². The molecular formula is C20H22BrFN2O3. The fraction of sp³-hybridized carbons (Fsp3) is 0.350. The smallest absolute Gasteiger partial charge is 0.260 e. The molecule has 5 nitrogen and oxygen atoms in total. The fourth-order valence-corrected chi connectivity index (χ4v) is 3.17. The number of anilines is 1. The fourth-order valence-electron chi connectivity index (χ4n) is 2.84. The summed E-state index contributed by atoms with van der Waals surface area (Å²) in [6, 6.07) is 12.6. The van der Waals surface area contributed by atoms with Crippen LogP contribution in [0.5, 0.6) is 5.75 Å². The van der Waals surface area contributed by atoms with Crippen molar-refractivity contribution in [2.75, 3.05) is 44.9 Å². The first-order chi connectivity index (χ1) is 13.0. The topological polar surface area (TPSA) is 42.0 Å². The van der Waals surface area contributed by atoms with Crippen molar-refractivity contribution < 1.29 is 18.7 Å². The van der Waals surface area contributed by atoms with Crippen LogP contribution in [-0.2, 0) is 16.1 Å². The lowest BCUT2D eigenvalue weighted by Gasteiger charge is -2.29. The van der Waals surface area contributed by atoms with Crippen molar-refractivity contribution in [3.05, 3.63) is 58.3 Å². The third-order valence-corrected chi connectivity index (χ3v) is 4.90. The highest BCUT2D eigenvalue weighted by atomic mass is 79.9. The molecule has 3 rings (SSSR count). The average Bonchev–Trinajstić information content (AvgIpc) is 2.68. The molecule has 2 aromatic carbocycles. The molecule has 7 heteroatoms. The van der Waals surface area contributed by atoms with E-state index in [9.17, 15) is 9.18 Å². The van der Waals surface area contributed by atoms with Crippen molar-refractivity contribution in [3.8, 4) is 5.75 Å². The lowest BCUT2D eigenvalue weighted by molar-refractivity contribution is -0.132. The zero-order valence-electron chi connectivity index (χ0n) is 15.2. The number of benzene rings is 2. The van der Waals surface area contributed by atoms with Gasteiger partial charge in [0.1, 0.15) is 0 Å². The van der Waals surface area contributed by atoms with Crippen LogP contribution in [0, 0.1) is 5.82 Å². The Labute approximate surface area is 166 Å². The van der Waals surface area contributed by atoms with E-state index in [-0.39, 0.29) is 18.3 Å². The van der Waals surface area contributed by atoms with E-state index < -0.39 is 5.82 Å². The highest BCUT2D eigenvalue weighted by Gasteiger charge is 2.14. The highest BCUT2D eigenvalue weighted by Crippen LogP contribution is 2.21. The summed E-state index contributed by atoms with van der Waals surface area (Å²) in [6.45, 7) is 3.54. The van der Waals surface area contributed by atoms with Crippen LogP contribution in [-0.4, -0.2) is 50.8 Å². The normalized spacial score (nSPS) is 14.1. The zero-order chi connectivity index (χ0) is 19.2. The molecule has 0 radical (unpaired) electrons. The second-order valence-corrected chi connectivity index (χ2v) is 7.29. The van der Waals surface area contributed by atoms with Gasteiger partial charge in [-0.3, -0.25) is 4.79 Å². The molecule has 0 unspecified atom stereocenters. The van der Waals surface area contributed by atoms with Crippen molar-refractivity contribution in [2.45, 2.75) is 6.54 Å². The maximum absolute atomic E-state index is 13.7. The molecule has 1 fully saturated rings. The van der Waals surface area contributed by atoms with Crippen LogP contribution in [0.15, 0.2) is 46.9 Å². The molecule has 0 aromatic heterocycles. The van der Waals surface area contributed by atoms with Crippen molar-refractivity contribution >= 4 is 27.5 Å². The van der Waals surface area contributed by atoms with Crippen LogP contribution >= 0.6 is 15.9 Å². The van der Waals surface area contributed by atoms with Crippen LogP contribution in [0.25, 0.3) is 0 Å². The summed E-state index contributed by atoms with van der Waals surface area (Å²) in [4.78, 5) is 16.1. The monoisotopic (exact) mass is 436 g/mol. The van der Waals surface area contributed by atoms with Crippen LogP contribution in [0.1, 0.15) is 5.56 Å². The Bertz CT molecular complexity index is 779. The number of nitrogens with zero attached hydrogens (tertiary/aromatic N) is 2. The van der Waals surface area contributed by atoms with Crippen LogP contribution in [0.2, 0.25) is 0 Å². The number of morpholine rings is 1. The standard InChI is InChI=1S/C20H22BrFN2O3/c1-23(20(25)14-27-19-7-4-16(21)12-18(19)22)13-15-2-5-17(6-3-15)24-8-10-26-11-9-24/h2-7,12H,8-11,13-14H2,1H3. The second-order valence-electron chi connectivity index (χ2n) is 6.38. The molecule has 0 aliphatic carbocycles. The van der Waals surface area contributed by atoms with Gasteiger partial charge in [0.2, 0.25) is 0 Å². The SMILES string of the molecule is CN(Cc1ccc(N2CCOCC2)cc1)C(=O)COc1ccc(Br)cc1F. The summed E-state index contributed by atoms with van der Waals surface area (Å²) < 4.78 is 25.0. The Morgan fingerprint density at radius 3 is 2.59 bits per heavy atom. The minimum absolute atomic E-state index is 0.0646. The molecule has 27 heavy (non-hydrogen) atoms. The molecule has 1 aliphatic rings. The Hall–Kier alpha value is -2.12. The molecule has 0 bridgehead atoms. The molecule has 1 saturated heterocycles. The third-order valence-electron chi connectivity index (χ3n) is 4.40. The molecule has 0 N–H and O–H groups in total. The van der Waals surface area contributed by atoms with Crippen molar-refractivity contribution in [3.63, 3.8) is 0 Å². The summed E-state index contributed by atoms with van der Waals surface area (Å²) in [5.41, 5.74) is 2.18. The quantitative estimate of drug-likeness (QED) is 0.695. The number of likely N-dealkylation sites (N-methyl/N-ethyl adjacent to an activating group) is 1. The minimum atomic E-state index is -0.501. The predicted octanol–water partition coefficient (Wildman–Crippen LogP) is 3.46. The Morgan fingerprint density at radius 2 is 1.93 bits per heavy atom. The maximum Gasteiger partial charge on any atom is 0.260 e. The number of hydrogen-bond acceptors (Lipinski definition) is 4. The summed E-state index contributed by atoms with van der Waals surface area (Å²) in [5, 5.41) is 0. The molecule has 0 atom stereocenters. The largest absolute Gasteiger partial charge is 0.481 e. The molecule has 1 heterocycles. The van der Waals surface area contributed by atoms with Gasteiger partial charge in [-0.2, -0.15) is 0 Å². The second kappa shape index (κ2) is 9.19. The van der Waals surface area contributed by atoms with Crippen LogP contribution in [0.3, 0.4) is 0 Å². The lowest BCUT2D eigenvalue weighted by Crippen LogP contribution is -2.36. The van der Waals surface area contributed by atoms with Gasteiger partial charge < -0.3 is 19.3 Å². The van der Waals surface area contributed by atoms with Gasteiger partial charge in [-0.25, -0.2) is 4.39 Å². The number of ether oxygens (including phenoxy) is 2. The first kappa shape index (κ1) is 19.6. The first-order valence-corrected chi connectivity index (χ1v) is 9.55. The highest BCUT2D eigenvalue weighted by molar-refractivity contribution is 9.10. The zero-order valence-corrected chi connectivity index (χ0v) is 16.7. The predicted molar refractivity (Wildman–Crippen MR) is 106 cm³/mol.